The summed E-state index contributed by atoms with van der Waals surface area (Å²) in [6.45, 7) is 1.44. The molecule has 0 aliphatic carbocycles. The van der Waals surface area contributed by atoms with Gasteiger partial charge in [0.15, 0.2) is 0 Å². The number of ketones is 1. The first kappa shape index (κ1) is 13.4. The van der Waals surface area contributed by atoms with Crippen molar-refractivity contribution in [2.24, 2.45) is 0 Å². The van der Waals surface area contributed by atoms with Crippen LogP contribution in [0.2, 0.25) is 0 Å². The van der Waals surface area contributed by atoms with Gasteiger partial charge in [0.2, 0.25) is 0 Å². The minimum atomic E-state index is -4.35. The van der Waals surface area contributed by atoms with Crippen LogP contribution in [0.1, 0.15) is 18.2 Å². The van der Waals surface area contributed by atoms with E-state index in [1.165, 1.54) is 19.1 Å². The highest BCUT2D eigenvalue weighted by atomic mass is 19.4. The SMILES string of the molecule is CC(=O)Cc1ccc(-c2ccc(C(F)(F)F)cc2)o1. The van der Waals surface area contributed by atoms with Gasteiger partial charge in [-0.3, -0.25) is 4.79 Å². The van der Waals surface area contributed by atoms with Crippen LogP contribution >= 0.6 is 0 Å². The van der Waals surface area contributed by atoms with Crippen LogP contribution in [0.25, 0.3) is 11.3 Å². The van der Waals surface area contributed by atoms with Crippen LogP contribution in [0.3, 0.4) is 0 Å². The second-order valence-corrected chi connectivity index (χ2v) is 4.22. The molecule has 0 radical (unpaired) electrons. The Morgan fingerprint density at radius 1 is 1.11 bits per heavy atom. The number of hydrogen-bond donors (Lipinski definition) is 0. The third-order valence-corrected chi connectivity index (χ3v) is 2.58. The molecule has 0 spiro atoms. The van der Waals surface area contributed by atoms with Gasteiger partial charge in [-0.2, -0.15) is 13.2 Å². The summed E-state index contributed by atoms with van der Waals surface area (Å²) in [5.41, 5.74) is -0.158. The molecule has 1 aromatic carbocycles. The highest BCUT2D eigenvalue weighted by molar-refractivity contribution is 5.77. The molecule has 0 saturated carbocycles. The number of carbonyl (C=O) groups is 1. The van der Waals surface area contributed by atoms with Gasteiger partial charge >= 0.3 is 6.18 Å². The Hall–Kier alpha value is -2.04. The zero-order chi connectivity index (χ0) is 14.0. The summed E-state index contributed by atoms with van der Waals surface area (Å²) in [5, 5.41) is 0. The summed E-state index contributed by atoms with van der Waals surface area (Å²) in [5.74, 6) is 0.917. The van der Waals surface area contributed by atoms with Crippen molar-refractivity contribution < 1.29 is 22.4 Å². The van der Waals surface area contributed by atoms with Crippen LogP contribution in [-0.4, -0.2) is 5.78 Å². The second kappa shape index (κ2) is 4.91. The molecular weight excluding hydrogens is 257 g/mol. The average Bonchev–Trinajstić information content (AvgIpc) is 2.75. The van der Waals surface area contributed by atoms with Crippen molar-refractivity contribution in [3.05, 3.63) is 47.7 Å². The fourth-order valence-corrected chi connectivity index (χ4v) is 1.70. The van der Waals surface area contributed by atoms with Gasteiger partial charge in [0.1, 0.15) is 17.3 Å². The van der Waals surface area contributed by atoms with Gasteiger partial charge in [-0.05, 0) is 31.2 Å². The van der Waals surface area contributed by atoms with Crippen molar-refractivity contribution in [3.8, 4) is 11.3 Å². The van der Waals surface area contributed by atoms with Gasteiger partial charge in [-0.1, -0.05) is 12.1 Å². The van der Waals surface area contributed by atoms with E-state index in [1.54, 1.807) is 12.1 Å². The van der Waals surface area contributed by atoms with Crippen LogP contribution in [0.4, 0.5) is 13.2 Å². The number of halogens is 3. The van der Waals surface area contributed by atoms with Gasteiger partial charge in [0, 0.05) is 5.56 Å². The van der Waals surface area contributed by atoms with E-state index >= 15 is 0 Å². The Morgan fingerprint density at radius 2 is 1.74 bits per heavy atom. The lowest BCUT2D eigenvalue weighted by Gasteiger charge is -2.06. The average molecular weight is 268 g/mol. The second-order valence-electron chi connectivity index (χ2n) is 4.22. The molecule has 0 atom stereocenters. The van der Waals surface area contributed by atoms with E-state index < -0.39 is 11.7 Å². The monoisotopic (exact) mass is 268 g/mol. The molecule has 0 unspecified atom stereocenters. The first-order valence-electron chi connectivity index (χ1n) is 5.62. The Kier molecular flexibility index (Phi) is 3.46. The fraction of sp³-hybridized carbons (Fsp3) is 0.214. The Bertz CT molecular complexity index is 579. The van der Waals surface area contributed by atoms with Crippen molar-refractivity contribution in [3.63, 3.8) is 0 Å². The fourth-order valence-electron chi connectivity index (χ4n) is 1.70. The standard InChI is InChI=1S/C14H11F3O2/c1-9(18)8-12-6-7-13(19-12)10-2-4-11(5-3-10)14(15,16)17/h2-7H,8H2,1H3. The molecule has 0 N–H and O–H groups in total. The lowest BCUT2D eigenvalue weighted by molar-refractivity contribution is -0.137. The van der Waals surface area contributed by atoms with Crippen molar-refractivity contribution in [1.82, 2.24) is 0 Å². The summed E-state index contributed by atoms with van der Waals surface area (Å²) < 4.78 is 42.6. The van der Waals surface area contributed by atoms with Crippen LogP contribution in [0.15, 0.2) is 40.8 Å². The molecule has 0 bridgehead atoms. The largest absolute Gasteiger partial charge is 0.461 e. The Morgan fingerprint density at radius 3 is 2.26 bits per heavy atom. The van der Waals surface area contributed by atoms with Crippen molar-refractivity contribution in [2.45, 2.75) is 19.5 Å². The molecule has 0 fully saturated rings. The van der Waals surface area contributed by atoms with Gasteiger partial charge in [0.25, 0.3) is 0 Å². The van der Waals surface area contributed by atoms with Gasteiger partial charge in [-0.15, -0.1) is 0 Å². The first-order valence-corrected chi connectivity index (χ1v) is 5.62. The summed E-state index contributed by atoms with van der Waals surface area (Å²) in [7, 11) is 0. The smallest absolute Gasteiger partial charge is 0.416 e. The van der Waals surface area contributed by atoms with E-state index in [9.17, 15) is 18.0 Å². The van der Waals surface area contributed by atoms with Crippen molar-refractivity contribution >= 4 is 5.78 Å². The van der Waals surface area contributed by atoms with E-state index in [0.29, 0.717) is 17.1 Å². The van der Waals surface area contributed by atoms with E-state index in [-0.39, 0.29) is 12.2 Å². The summed E-state index contributed by atoms with van der Waals surface area (Å²) in [6, 6.07) is 7.98. The number of hydrogen-bond acceptors (Lipinski definition) is 2. The van der Waals surface area contributed by atoms with E-state index in [1.807, 2.05) is 0 Å². The van der Waals surface area contributed by atoms with Crippen LogP contribution in [0.5, 0.6) is 0 Å². The summed E-state index contributed by atoms with van der Waals surface area (Å²) >= 11 is 0. The highest BCUT2D eigenvalue weighted by Gasteiger charge is 2.30. The molecule has 0 saturated heterocycles. The van der Waals surface area contributed by atoms with Crippen molar-refractivity contribution in [1.29, 1.82) is 0 Å². The molecule has 100 valence electrons. The van der Waals surface area contributed by atoms with Crippen LogP contribution in [-0.2, 0) is 17.4 Å². The lowest BCUT2D eigenvalue weighted by Crippen LogP contribution is -2.03. The minimum Gasteiger partial charge on any atom is -0.461 e. The molecule has 19 heavy (non-hydrogen) atoms. The molecule has 2 rings (SSSR count). The predicted octanol–water partition coefficient (Wildman–Crippen LogP) is 4.10. The van der Waals surface area contributed by atoms with Gasteiger partial charge in [0.05, 0.1) is 12.0 Å². The molecule has 1 aromatic heterocycles. The molecule has 0 aliphatic heterocycles. The predicted molar refractivity (Wildman–Crippen MR) is 63.5 cm³/mol. The zero-order valence-electron chi connectivity index (χ0n) is 10.1. The number of Topliss-reactive ketones (excluding diaryl/α,β-unsaturated/α-hetero) is 1. The highest BCUT2D eigenvalue weighted by Crippen LogP contribution is 2.31. The van der Waals surface area contributed by atoms with Gasteiger partial charge < -0.3 is 4.42 Å². The molecule has 5 heteroatoms. The number of furan rings is 1. The summed E-state index contributed by atoms with van der Waals surface area (Å²) in [4.78, 5) is 10.9. The normalized spacial score (nSPS) is 11.6. The van der Waals surface area contributed by atoms with Crippen LogP contribution in [0, 0.1) is 0 Å². The number of alkyl halides is 3. The third kappa shape index (κ3) is 3.24. The molecule has 2 aromatic rings. The Labute approximate surface area is 107 Å². The number of benzene rings is 1. The maximum Gasteiger partial charge on any atom is 0.416 e. The first-order chi connectivity index (χ1) is 8.86. The van der Waals surface area contributed by atoms with E-state index in [0.717, 1.165) is 12.1 Å². The molecule has 0 amide bonds. The maximum atomic E-state index is 12.4. The lowest BCUT2D eigenvalue weighted by atomic mass is 10.1. The van der Waals surface area contributed by atoms with Crippen molar-refractivity contribution in [2.75, 3.05) is 0 Å². The molecule has 1 heterocycles. The topological polar surface area (TPSA) is 30.2 Å². The summed E-state index contributed by atoms with van der Waals surface area (Å²) in [6.07, 6.45) is -4.16. The third-order valence-electron chi connectivity index (χ3n) is 2.58. The molecule has 0 aliphatic rings. The zero-order valence-corrected chi connectivity index (χ0v) is 10.1. The van der Waals surface area contributed by atoms with E-state index in [2.05, 4.69) is 0 Å². The molecular formula is C14H11F3O2. The Balaban J connectivity index is 2.23. The van der Waals surface area contributed by atoms with Crippen LogP contribution < -0.4 is 0 Å². The van der Waals surface area contributed by atoms with Gasteiger partial charge in [-0.25, -0.2) is 0 Å². The maximum absolute atomic E-state index is 12.4. The number of rotatable bonds is 3. The quantitative estimate of drug-likeness (QED) is 0.839. The molecule has 2 nitrogen and oxygen atoms in total. The minimum absolute atomic E-state index is 0.0340. The van der Waals surface area contributed by atoms with E-state index in [4.69, 9.17) is 4.42 Å². The number of carbonyl (C=O) groups excluding carboxylic acids is 1.